The topological polar surface area (TPSA) is 12.5 Å². The van der Waals surface area contributed by atoms with Gasteiger partial charge in [0, 0.05) is 13.2 Å². The van der Waals surface area contributed by atoms with Gasteiger partial charge in [-0.25, -0.2) is 0 Å². The van der Waals surface area contributed by atoms with Gasteiger partial charge in [-0.15, -0.1) is 0 Å². The minimum atomic E-state index is 0.0253. The van der Waals surface area contributed by atoms with Gasteiger partial charge >= 0.3 is 0 Å². The van der Waals surface area contributed by atoms with E-state index in [1.165, 1.54) is 0 Å². The maximum atomic E-state index is 5.95. The van der Waals surface area contributed by atoms with Crippen molar-refractivity contribution < 1.29 is 4.74 Å². The van der Waals surface area contributed by atoms with Gasteiger partial charge in [-0.1, -0.05) is 27.7 Å². The van der Waals surface area contributed by atoms with Crippen LogP contribution in [0.15, 0.2) is 0 Å². The highest BCUT2D eigenvalue weighted by Crippen LogP contribution is 2.16. The van der Waals surface area contributed by atoms with E-state index >= 15 is 0 Å². The molecule has 0 rings (SSSR count). The maximum Gasteiger partial charge on any atom is 0.0638 e. The third kappa shape index (κ3) is 8.12. The van der Waals surface area contributed by atoms with Crippen LogP contribution in [-0.4, -0.2) is 36.7 Å². The van der Waals surface area contributed by atoms with Crippen LogP contribution in [0.2, 0.25) is 0 Å². The molecule has 16 heavy (non-hydrogen) atoms. The van der Waals surface area contributed by atoms with Crippen LogP contribution in [0.3, 0.4) is 0 Å². The summed E-state index contributed by atoms with van der Waals surface area (Å²) in [4.78, 5) is 2.45. The number of nitrogens with zero attached hydrogens (tertiary/aromatic N) is 1. The van der Waals surface area contributed by atoms with Crippen molar-refractivity contribution in [3.63, 3.8) is 0 Å². The second-order valence-corrected chi connectivity index (χ2v) is 5.57. The fourth-order valence-corrected chi connectivity index (χ4v) is 1.61. The fourth-order valence-electron chi connectivity index (χ4n) is 1.61. The molecule has 0 heterocycles. The van der Waals surface area contributed by atoms with E-state index in [1.54, 1.807) is 0 Å². The molecule has 0 saturated carbocycles. The van der Waals surface area contributed by atoms with Crippen LogP contribution in [0, 0.1) is 5.92 Å². The summed E-state index contributed by atoms with van der Waals surface area (Å²) >= 11 is 0. The van der Waals surface area contributed by atoms with Crippen molar-refractivity contribution in [3.05, 3.63) is 0 Å². The van der Waals surface area contributed by atoms with E-state index in [0.29, 0.717) is 0 Å². The first-order valence-electron chi connectivity index (χ1n) is 6.77. The van der Waals surface area contributed by atoms with E-state index in [2.05, 4.69) is 46.4 Å². The Morgan fingerprint density at radius 1 is 1.12 bits per heavy atom. The van der Waals surface area contributed by atoms with Gasteiger partial charge in [0.1, 0.15) is 0 Å². The first kappa shape index (κ1) is 15.9. The minimum Gasteiger partial charge on any atom is -0.376 e. The van der Waals surface area contributed by atoms with Crippen molar-refractivity contribution in [2.45, 2.75) is 60.0 Å². The van der Waals surface area contributed by atoms with Crippen LogP contribution in [-0.2, 0) is 4.74 Å². The lowest BCUT2D eigenvalue weighted by Gasteiger charge is -2.29. The minimum absolute atomic E-state index is 0.0253. The second kappa shape index (κ2) is 8.08. The molecular weight excluding hydrogens is 198 g/mol. The van der Waals surface area contributed by atoms with E-state index in [1.807, 2.05) is 0 Å². The smallest absolute Gasteiger partial charge is 0.0638 e. The summed E-state index contributed by atoms with van der Waals surface area (Å²) in [5, 5.41) is 0. The first-order chi connectivity index (χ1) is 7.41. The normalized spacial score (nSPS) is 12.8. The largest absolute Gasteiger partial charge is 0.376 e. The molecule has 2 heteroatoms. The van der Waals surface area contributed by atoms with E-state index in [-0.39, 0.29) is 5.60 Å². The molecule has 98 valence electrons. The highest BCUT2D eigenvalue weighted by molar-refractivity contribution is 4.71. The summed E-state index contributed by atoms with van der Waals surface area (Å²) in [5.41, 5.74) is 0.0253. The van der Waals surface area contributed by atoms with Crippen LogP contribution in [0.5, 0.6) is 0 Å². The maximum absolute atomic E-state index is 5.95. The number of rotatable bonds is 9. The molecule has 0 aromatic carbocycles. The van der Waals surface area contributed by atoms with E-state index in [9.17, 15) is 0 Å². The van der Waals surface area contributed by atoms with Crippen molar-refractivity contribution in [2.24, 2.45) is 5.92 Å². The summed E-state index contributed by atoms with van der Waals surface area (Å²) < 4.78 is 5.95. The quantitative estimate of drug-likeness (QED) is 0.599. The van der Waals surface area contributed by atoms with Gasteiger partial charge in [-0.2, -0.15) is 0 Å². The van der Waals surface area contributed by atoms with Crippen molar-refractivity contribution in [1.29, 1.82) is 0 Å². The predicted molar refractivity (Wildman–Crippen MR) is 71.9 cm³/mol. The lowest BCUT2D eigenvalue weighted by Crippen LogP contribution is -2.33. The molecule has 0 radical (unpaired) electrons. The highest BCUT2D eigenvalue weighted by atomic mass is 16.5. The Morgan fingerprint density at radius 2 is 1.69 bits per heavy atom. The molecular formula is C14H31NO. The molecule has 0 amide bonds. The van der Waals surface area contributed by atoms with Crippen molar-refractivity contribution in [3.8, 4) is 0 Å². The van der Waals surface area contributed by atoms with Crippen molar-refractivity contribution in [2.75, 3.05) is 26.2 Å². The standard InChI is InChI=1S/C14H31NO/c1-7-15(8-2)11-10-14(5,6)16-12-9-13(3)4/h13H,7-12H2,1-6H3. The highest BCUT2D eigenvalue weighted by Gasteiger charge is 2.19. The molecule has 0 aromatic rings. The average molecular weight is 229 g/mol. The molecule has 0 saturated heterocycles. The molecule has 0 N–H and O–H groups in total. The Labute approximate surface area is 102 Å². The van der Waals surface area contributed by atoms with Gasteiger partial charge in [0.15, 0.2) is 0 Å². The molecule has 0 atom stereocenters. The third-order valence-corrected chi connectivity index (χ3v) is 3.11. The van der Waals surface area contributed by atoms with Gasteiger partial charge in [-0.3, -0.25) is 0 Å². The zero-order valence-electron chi connectivity index (χ0n) is 12.2. The van der Waals surface area contributed by atoms with Crippen molar-refractivity contribution in [1.82, 2.24) is 4.90 Å². The van der Waals surface area contributed by atoms with Gasteiger partial charge in [0.05, 0.1) is 5.60 Å². The SMILES string of the molecule is CCN(CC)CCC(C)(C)OCCC(C)C. The molecule has 0 spiro atoms. The molecule has 0 bridgehead atoms. The van der Waals surface area contributed by atoms with Crippen LogP contribution < -0.4 is 0 Å². The van der Waals surface area contributed by atoms with Gasteiger partial charge in [0.25, 0.3) is 0 Å². The Morgan fingerprint density at radius 3 is 2.12 bits per heavy atom. The summed E-state index contributed by atoms with van der Waals surface area (Å²) in [7, 11) is 0. The monoisotopic (exact) mass is 229 g/mol. The summed E-state index contributed by atoms with van der Waals surface area (Å²) in [6.45, 7) is 17.6. The van der Waals surface area contributed by atoms with E-state index in [4.69, 9.17) is 4.74 Å². The Hall–Kier alpha value is -0.0800. The average Bonchev–Trinajstić information content (AvgIpc) is 2.18. The van der Waals surface area contributed by atoms with E-state index in [0.717, 1.165) is 45.0 Å². The van der Waals surface area contributed by atoms with Crippen LogP contribution in [0.1, 0.15) is 54.4 Å². The van der Waals surface area contributed by atoms with Crippen LogP contribution in [0.25, 0.3) is 0 Å². The van der Waals surface area contributed by atoms with Gasteiger partial charge in [-0.05, 0) is 45.7 Å². The predicted octanol–water partition coefficient (Wildman–Crippen LogP) is 3.56. The van der Waals surface area contributed by atoms with Crippen LogP contribution in [0.4, 0.5) is 0 Å². The Kier molecular flexibility index (Phi) is 8.04. The first-order valence-corrected chi connectivity index (χ1v) is 6.77. The lowest BCUT2D eigenvalue weighted by molar-refractivity contribution is -0.0326. The zero-order chi connectivity index (χ0) is 12.6. The summed E-state index contributed by atoms with van der Waals surface area (Å²) in [6.07, 6.45) is 2.28. The molecule has 0 aliphatic heterocycles. The molecule has 0 aliphatic rings. The third-order valence-electron chi connectivity index (χ3n) is 3.11. The molecule has 0 fully saturated rings. The molecule has 0 unspecified atom stereocenters. The molecule has 2 nitrogen and oxygen atoms in total. The Bertz CT molecular complexity index is 162. The Balaban J connectivity index is 3.76. The fraction of sp³-hybridized carbons (Fsp3) is 1.00. The van der Waals surface area contributed by atoms with E-state index < -0.39 is 0 Å². The van der Waals surface area contributed by atoms with Crippen molar-refractivity contribution >= 4 is 0 Å². The summed E-state index contributed by atoms with van der Waals surface area (Å²) in [5.74, 6) is 0.735. The number of hydrogen-bond donors (Lipinski definition) is 0. The lowest BCUT2D eigenvalue weighted by atomic mass is 10.0. The van der Waals surface area contributed by atoms with Gasteiger partial charge in [0.2, 0.25) is 0 Å². The number of hydrogen-bond acceptors (Lipinski definition) is 2. The molecule has 0 aromatic heterocycles. The van der Waals surface area contributed by atoms with Crippen LogP contribution >= 0.6 is 0 Å². The number of ether oxygens (including phenoxy) is 1. The van der Waals surface area contributed by atoms with Gasteiger partial charge < -0.3 is 9.64 Å². The summed E-state index contributed by atoms with van der Waals surface area (Å²) in [6, 6.07) is 0. The zero-order valence-corrected chi connectivity index (χ0v) is 12.2. The molecule has 0 aliphatic carbocycles. The second-order valence-electron chi connectivity index (χ2n) is 5.57.